The maximum Gasteiger partial charge on any atom is 0.269 e. The van der Waals surface area contributed by atoms with E-state index in [1.54, 1.807) is 0 Å². The van der Waals surface area contributed by atoms with Gasteiger partial charge in [-0.2, -0.15) is 0 Å². The average molecular weight is 192 g/mol. The van der Waals surface area contributed by atoms with Crippen LogP contribution < -0.4 is 5.32 Å². The van der Waals surface area contributed by atoms with Crippen LogP contribution in [-0.4, -0.2) is 17.3 Å². The summed E-state index contributed by atoms with van der Waals surface area (Å²) in [5, 5.41) is 13.4. The predicted molar refractivity (Wildman–Crippen MR) is 49.1 cm³/mol. The monoisotopic (exact) mass is 192 g/mol. The number of carbonyl (C=O) groups excluding carboxylic acids is 1. The number of ketones is 1. The fourth-order valence-corrected chi connectivity index (χ4v) is 1.52. The Kier molecular flexibility index (Phi) is 2.01. The van der Waals surface area contributed by atoms with Crippen LogP contribution in [0.1, 0.15) is 15.9 Å². The van der Waals surface area contributed by atoms with Crippen molar-refractivity contribution in [1.29, 1.82) is 0 Å². The van der Waals surface area contributed by atoms with Crippen molar-refractivity contribution in [2.75, 3.05) is 6.54 Å². The first-order valence-corrected chi connectivity index (χ1v) is 4.20. The molecule has 72 valence electrons. The average Bonchev–Trinajstić information content (AvgIpc) is 2.17. The molecule has 1 aliphatic rings. The number of hydrogen-bond donors (Lipinski definition) is 1. The fraction of sp³-hybridized carbons (Fsp3) is 0.222. The van der Waals surface area contributed by atoms with Gasteiger partial charge >= 0.3 is 0 Å². The number of carbonyl (C=O) groups is 1. The maximum absolute atomic E-state index is 11.3. The topological polar surface area (TPSA) is 72.2 Å². The van der Waals surface area contributed by atoms with Crippen LogP contribution in [0.25, 0.3) is 0 Å². The van der Waals surface area contributed by atoms with E-state index < -0.39 is 4.92 Å². The SMILES string of the molecule is O=C1CNCc2cc([N+](=O)[O-])ccc21. The van der Waals surface area contributed by atoms with Crippen molar-refractivity contribution in [2.24, 2.45) is 0 Å². The van der Waals surface area contributed by atoms with Crippen LogP contribution in [0.5, 0.6) is 0 Å². The summed E-state index contributed by atoms with van der Waals surface area (Å²) < 4.78 is 0. The predicted octanol–water partition coefficient (Wildman–Crippen LogP) is 0.881. The van der Waals surface area contributed by atoms with Crippen LogP contribution in [0.15, 0.2) is 18.2 Å². The Morgan fingerprint density at radius 1 is 1.36 bits per heavy atom. The van der Waals surface area contributed by atoms with Crippen LogP contribution in [0.2, 0.25) is 0 Å². The molecule has 1 heterocycles. The molecule has 0 saturated carbocycles. The van der Waals surface area contributed by atoms with E-state index in [0.29, 0.717) is 24.2 Å². The van der Waals surface area contributed by atoms with Gasteiger partial charge in [-0.25, -0.2) is 0 Å². The summed E-state index contributed by atoms with van der Waals surface area (Å²) in [5.41, 5.74) is 1.32. The van der Waals surface area contributed by atoms with E-state index in [-0.39, 0.29) is 11.5 Å². The molecule has 0 bridgehead atoms. The highest BCUT2D eigenvalue weighted by Crippen LogP contribution is 2.20. The van der Waals surface area contributed by atoms with Crippen LogP contribution in [0.3, 0.4) is 0 Å². The summed E-state index contributed by atoms with van der Waals surface area (Å²) in [5.74, 6) is -0.0128. The lowest BCUT2D eigenvalue weighted by Gasteiger charge is -2.14. The second-order valence-electron chi connectivity index (χ2n) is 3.13. The lowest BCUT2D eigenvalue weighted by Crippen LogP contribution is -2.29. The van der Waals surface area contributed by atoms with Crippen LogP contribution in [0.4, 0.5) is 5.69 Å². The van der Waals surface area contributed by atoms with Crippen molar-refractivity contribution >= 4 is 11.5 Å². The summed E-state index contributed by atoms with van der Waals surface area (Å²) in [4.78, 5) is 21.3. The van der Waals surface area contributed by atoms with Gasteiger partial charge in [0, 0.05) is 24.2 Å². The second-order valence-corrected chi connectivity index (χ2v) is 3.13. The van der Waals surface area contributed by atoms with Crippen LogP contribution in [0, 0.1) is 10.1 Å². The molecule has 0 aliphatic carbocycles. The first-order valence-electron chi connectivity index (χ1n) is 4.20. The zero-order valence-electron chi connectivity index (χ0n) is 7.32. The molecule has 5 heteroatoms. The normalized spacial score (nSPS) is 15.0. The molecular weight excluding hydrogens is 184 g/mol. The van der Waals surface area contributed by atoms with Crippen molar-refractivity contribution in [3.63, 3.8) is 0 Å². The molecule has 0 aromatic heterocycles. The Hall–Kier alpha value is -1.75. The Bertz CT molecular complexity index is 415. The number of nitrogens with one attached hydrogen (secondary N) is 1. The van der Waals surface area contributed by atoms with E-state index >= 15 is 0 Å². The van der Waals surface area contributed by atoms with Crippen molar-refractivity contribution in [3.8, 4) is 0 Å². The molecule has 0 atom stereocenters. The minimum Gasteiger partial charge on any atom is -0.306 e. The van der Waals surface area contributed by atoms with Gasteiger partial charge in [0.15, 0.2) is 5.78 Å². The van der Waals surface area contributed by atoms with E-state index in [9.17, 15) is 14.9 Å². The minimum atomic E-state index is -0.459. The quantitative estimate of drug-likeness (QED) is 0.529. The highest BCUT2D eigenvalue weighted by atomic mass is 16.6. The molecule has 14 heavy (non-hydrogen) atoms. The van der Waals surface area contributed by atoms with Crippen molar-refractivity contribution < 1.29 is 9.72 Å². The fourth-order valence-electron chi connectivity index (χ4n) is 1.52. The summed E-state index contributed by atoms with van der Waals surface area (Å²) >= 11 is 0. The number of benzene rings is 1. The molecule has 1 aliphatic heterocycles. The molecule has 2 rings (SSSR count). The zero-order chi connectivity index (χ0) is 10.1. The van der Waals surface area contributed by atoms with Crippen LogP contribution >= 0.6 is 0 Å². The molecule has 0 saturated heterocycles. The highest BCUT2D eigenvalue weighted by Gasteiger charge is 2.18. The van der Waals surface area contributed by atoms with Crippen LogP contribution in [-0.2, 0) is 6.54 Å². The van der Waals surface area contributed by atoms with E-state index in [0.717, 1.165) is 0 Å². The Morgan fingerprint density at radius 2 is 2.14 bits per heavy atom. The molecule has 0 radical (unpaired) electrons. The van der Waals surface area contributed by atoms with Gasteiger partial charge in [-0.3, -0.25) is 14.9 Å². The molecule has 1 aromatic rings. The summed E-state index contributed by atoms with van der Waals surface area (Å²) in [6.45, 7) is 0.827. The molecule has 0 unspecified atom stereocenters. The Morgan fingerprint density at radius 3 is 2.86 bits per heavy atom. The first-order chi connectivity index (χ1) is 6.68. The number of nitro benzene ring substituents is 1. The highest BCUT2D eigenvalue weighted by molar-refractivity contribution is 6.00. The lowest BCUT2D eigenvalue weighted by atomic mass is 9.99. The van der Waals surface area contributed by atoms with Crippen molar-refractivity contribution in [3.05, 3.63) is 39.4 Å². The standard InChI is InChI=1S/C9H8N2O3/c12-9-5-10-4-6-3-7(11(13)14)1-2-8(6)9/h1-3,10H,4-5H2. The zero-order valence-corrected chi connectivity index (χ0v) is 7.32. The molecule has 0 fully saturated rings. The maximum atomic E-state index is 11.3. The molecule has 1 aromatic carbocycles. The second kappa shape index (κ2) is 3.19. The number of rotatable bonds is 1. The molecular formula is C9H8N2O3. The van der Waals surface area contributed by atoms with Gasteiger partial charge in [0.2, 0.25) is 0 Å². The van der Waals surface area contributed by atoms with E-state index in [1.807, 2.05) is 0 Å². The van der Waals surface area contributed by atoms with Gasteiger partial charge in [-0.15, -0.1) is 0 Å². The lowest BCUT2D eigenvalue weighted by molar-refractivity contribution is -0.384. The number of nitro groups is 1. The number of fused-ring (bicyclic) bond motifs is 1. The third-order valence-electron chi connectivity index (χ3n) is 2.20. The Labute approximate surface area is 79.9 Å². The molecule has 0 amide bonds. The molecule has 1 N–H and O–H groups in total. The van der Waals surface area contributed by atoms with Gasteiger partial charge in [0.25, 0.3) is 5.69 Å². The molecule has 0 spiro atoms. The summed E-state index contributed by atoms with van der Waals surface area (Å²) in [6.07, 6.45) is 0. The number of hydrogen-bond acceptors (Lipinski definition) is 4. The molecule has 5 nitrogen and oxygen atoms in total. The largest absolute Gasteiger partial charge is 0.306 e. The van der Waals surface area contributed by atoms with E-state index in [4.69, 9.17) is 0 Å². The number of non-ortho nitro benzene ring substituents is 1. The van der Waals surface area contributed by atoms with Crippen molar-refractivity contribution in [1.82, 2.24) is 5.32 Å². The first kappa shape index (κ1) is 8.83. The Balaban J connectivity index is 2.49. The van der Waals surface area contributed by atoms with Gasteiger partial charge in [-0.05, 0) is 11.6 Å². The minimum absolute atomic E-state index is 0.0128. The summed E-state index contributed by atoms with van der Waals surface area (Å²) in [7, 11) is 0. The smallest absolute Gasteiger partial charge is 0.269 e. The van der Waals surface area contributed by atoms with Gasteiger partial charge in [-0.1, -0.05) is 0 Å². The van der Waals surface area contributed by atoms with E-state index in [1.165, 1.54) is 18.2 Å². The van der Waals surface area contributed by atoms with Gasteiger partial charge in [0.1, 0.15) is 0 Å². The summed E-state index contributed by atoms with van der Waals surface area (Å²) in [6, 6.07) is 4.33. The number of nitrogens with zero attached hydrogens (tertiary/aromatic N) is 1. The van der Waals surface area contributed by atoms with E-state index in [2.05, 4.69) is 5.32 Å². The van der Waals surface area contributed by atoms with Gasteiger partial charge < -0.3 is 5.32 Å². The number of Topliss-reactive ketones (excluding diaryl/α,β-unsaturated/α-hetero) is 1. The third kappa shape index (κ3) is 1.38. The third-order valence-corrected chi connectivity index (χ3v) is 2.20. The van der Waals surface area contributed by atoms with Crippen molar-refractivity contribution in [2.45, 2.75) is 6.54 Å². The van der Waals surface area contributed by atoms with Gasteiger partial charge in [0.05, 0.1) is 11.5 Å².